The molecule has 1 fully saturated rings. The third kappa shape index (κ3) is 4.03. The molecule has 2 unspecified atom stereocenters. The number of morpholine rings is 1. The van der Waals surface area contributed by atoms with E-state index in [1.54, 1.807) is 11.3 Å². The summed E-state index contributed by atoms with van der Waals surface area (Å²) in [6, 6.07) is 4.66. The van der Waals surface area contributed by atoms with Crippen molar-refractivity contribution in [3.63, 3.8) is 0 Å². The molecule has 3 nitrogen and oxygen atoms in total. The van der Waals surface area contributed by atoms with Gasteiger partial charge in [-0.25, -0.2) is 0 Å². The summed E-state index contributed by atoms with van der Waals surface area (Å²) in [5, 5.41) is 3.54. The molecule has 0 spiro atoms. The summed E-state index contributed by atoms with van der Waals surface area (Å²) in [4.78, 5) is 3.68. The van der Waals surface area contributed by atoms with E-state index < -0.39 is 0 Å². The Kier molecular flexibility index (Phi) is 4.99. The van der Waals surface area contributed by atoms with Crippen molar-refractivity contribution in [2.45, 2.75) is 19.1 Å². The second-order valence-corrected chi connectivity index (χ2v) is 7.02. The predicted molar refractivity (Wildman–Crippen MR) is 75.7 cm³/mol. The quantitative estimate of drug-likeness (QED) is 0.923. The Balaban J connectivity index is 1.77. The Morgan fingerprint density at radius 1 is 1.65 bits per heavy atom. The summed E-state index contributed by atoms with van der Waals surface area (Å²) in [5.74, 6) is 0. The summed E-state index contributed by atoms with van der Waals surface area (Å²) >= 11 is 5.28. The molecule has 5 heteroatoms. The van der Waals surface area contributed by atoms with Crippen LogP contribution in [0.25, 0.3) is 0 Å². The second-order valence-electron chi connectivity index (χ2n) is 4.53. The monoisotopic (exact) mass is 318 g/mol. The van der Waals surface area contributed by atoms with Crippen molar-refractivity contribution < 1.29 is 4.74 Å². The molecule has 17 heavy (non-hydrogen) atoms. The van der Waals surface area contributed by atoms with Crippen molar-refractivity contribution in [3.8, 4) is 0 Å². The minimum absolute atomic E-state index is 0.319. The molecule has 0 bridgehead atoms. The Bertz CT molecular complexity index is 358. The molecule has 1 aromatic rings. The normalized spacial score (nSPS) is 23.8. The number of hydrogen-bond donors (Lipinski definition) is 1. The van der Waals surface area contributed by atoms with E-state index in [1.165, 1.54) is 8.66 Å². The molecule has 1 aliphatic heterocycles. The van der Waals surface area contributed by atoms with Crippen LogP contribution >= 0.6 is 27.3 Å². The number of hydrogen-bond acceptors (Lipinski definition) is 4. The zero-order valence-electron chi connectivity index (χ0n) is 10.3. The summed E-state index contributed by atoms with van der Waals surface area (Å²) in [6.45, 7) is 6.03. The first-order valence-corrected chi connectivity index (χ1v) is 7.55. The van der Waals surface area contributed by atoms with Crippen molar-refractivity contribution in [1.82, 2.24) is 10.2 Å². The lowest BCUT2D eigenvalue weighted by Crippen LogP contribution is -2.45. The third-order valence-corrected chi connectivity index (χ3v) is 4.82. The fraction of sp³-hybridized carbons (Fsp3) is 0.667. The summed E-state index contributed by atoms with van der Waals surface area (Å²) in [7, 11) is 2.15. The Morgan fingerprint density at radius 2 is 2.47 bits per heavy atom. The van der Waals surface area contributed by atoms with E-state index in [9.17, 15) is 0 Å². The topological polar surface area (TPSA) is 24.5 Å². The Morgan fingerprint density at radius 3 is 3.12 bits per heavy atom. The van der Waals surface area contributed by atoms with Gasteiger partial charge in [0.15, 0.2) is 0 Å². The van der Waals surface area contributed by atoms with Gasteiger partial charge in [-0.2, -0.15) is 0 Å². The van der Waals surface area contributed by atoms with Crippen LogP contribution in [0.4, 0.5) is 0 Å². The van der Waals surface area contributed by atoms with Gasteiger partial charge in [0.1, 0.15) is 0 Å². The maximum Gasteiger partial charge on any atom is 0.0826 e. The van der Waals surface area contributed by atoms with Crippen molar-refractivity contribution in [2.75, 3.05) is 33.3 Å². The molecule has 1 aromatic heterocycles. The van der Waals surface area contributed by atoms with Gasteiger partial charge in [-0.3, -0.25) is 0 Å². The molecule has 2 heterocycles. The van der Waals surface area contributed by atoms with Crippen LogP contribution in [0.3, 0.4) is 0 Å². The van der Waals surface area contributed by atoms with Crippen LogP contribution < -0.4 is 5.32 Å². The minimum atomic E-state index is 0.319. The first-order chi connectivity index (χ1) is 8.15. The zero-order chi connectivity index (χ0) is 12.3. The van der Waals surface area contributed by atoms with Crippen LogP contribution in [-0.2, 0) is 4.74 Å². The third-order valence-electron chi connectivity index (χ3n) is 3.01. The first-order valence-electron chi connectivity index (χ1n) is 5.94. The van der Waals surface area contributed by atoms with E-state index in [2.05, 4.69) is 52.3 Å². The molecule has 1 saturated heterocycles. The molecular weight excluding hydrogens is 300 g/mol. The lowest BCUT2D eigenvalue weighted by molar-refractivity contribution is -0.0190. The fourth-order valence-corrected chi connectivity index (χ4v) is 3.41. The van der Waals surface area contributed by atoms with Gasteiger partial charge in [-0.05, 0) is 42.0 Å². The number of ether oxygens (including phenoxy) is 1. The molecule has 1 aliphatic rings. The molecule has 0 saturated carbocycles. The van der Waals surface area contributed by atoms with Crippen molar-refractivity contribution in [1.29, 1.82) is 0 Å². The number of thiophene rings is 1. The highest BCUT2D eigenvalue weighted by molar-refractivity contribution is 9.11. The van der Waals surface area contributed by atoms with Crippen molar-refractivity contribution in [2.24, 2.45) is 0 Å². The number of likely N-dealkylation sites (N-methyl/N-ethyl adjacent to an activating group) is 1. The summed E-state index contributed by atoms with van der Waals surface area (Å²) in [6.07, 6.45) is 0.319. The Hall–Kier alpha value is 0.0600. The molecule has 0 radical (unpaired) electrons. The largest absolute Gasteiger partial charge is 0.374 e. The van der Waals surface area contributed by atoms with E-state index in [-0.39, 0.29) is 0 Å². The highest BCUT2D eigenvalue weighted by Gasteiger charge is 2.18. The van der Waals surface area contributed by atoms with Gasteiger partial charge >= 0.3 is 0 Å². The lowest BCUT2D eigenvalue weighted by Gasteiger charge is -2.30. The standard InChI is InChI=1S/C12H19BrN2OS/c1-9(11-3-4-12(13)17-11)14-7-10-8-15(2)5-6-16-10/h3-4,9-10,14H,5-8H2,1-2H3. The fourth-order valence-electron chi connectivity index (χ4n) is 1.96. The van der Waals surface area contributed by atoms with E-state index in [0.717, 1.165) is 26.2 Å². The van der Waals surface area contributed by atoms with E-state index in [1.807, 2.05) is 0 Å². The maximum absolute atomic E-state index is 5.73. The van der Waals surface area contributed by atoms with Crippen LogP contribution in [-0.4, -0.2) is 44.3 Å². The number of halogens is 1. The van der Waals surface area contributed by atoms with Gasteiger partial charge in [-0.15, -0.1) is 11.3 Å². The molecular formula is C12H19BrN2OS. The Labute approximate surface area is 115 Å². The highest BCUT2D eigenvalue weighted by Crippen LogP contribution is 2.26. The molecule has 2 rings (SSSR count). The van der Waals surface area contributed by atoms with Gasteiger partial charge < -0.3 is 15.0 Å². The molecule has 0 aromatic carbocycles. The number of nitrogens with one attached hydrogen (secondary N) is 1. The number of nitrogens with zero attached hydrogens (tertiary/aromatic N) is 1. The maximum atomic E-state index is 5.73. The predicted octanol–water partition coefficient (Wildman–Crippen LogP) is 2.49. The molecule has 96 valence electrons. The summed E-state index contributed by atoms with van der Waals surface area (Å²) in [5.41, 5.74) is 0. The average molecular weight is 319 g/mol. The van der Waals surface area contributed by atoms with Crippen LogP contribution in [0.15, 0.2) is 15.9 Å². The van der Waals surface area contributed by atoms with Gasteiger partial charge in [0.25, 0.3) is 0 Å². The smallest absolute Gasteiger partial charge is 0.0826 e. The van der Waals surface area contributed by atoms with Crippen LogP contribution in [0, 0.1) is 0 Å². The van der Waals surface area contributed by atoms with Crippen molar-refractivity contribution >= 4 is 27.3 Å². The van der Waals surface area contributed by atoms with Crippen molar-refractivity contribution in [3.05, 3.63) is 20.8 Å². The second kappa shape index (κ2) is 6.29. The van der Waals surface area contributed by atoms with Gasteiger partial charge in [0, 0.05) is 30.6 Å². The lowest BCUT2D eigenvalue weighted by atomic mass is 10.2. The van der Waals surface area contributed by atoms with Gasteiger partial charge in [0.2, 0.25) is 0 Å². The highest BCUT2D eigenvalue weighted by atomic mass is 79.9. The molecule has 1 N–H and O–H groups in total. The average Bonchev–Trinajstić information content (AvgIpc) is 2.73. The van der Waals surface area contributed by atoms with Crippen LogP contribution in [0.2, 0.25) is 0 Å². The van der Waals surface area contributed by atoms with Gasteiger partial charge in [-0.1, -0.05) is 0 Å². The van der Waals surface area contributed by atoms with Crippen LogP contribution in [0.1, 0.15) is 17.8 Å². The molecule has 2 atom stereocenters. The molecule has 0 amide bonds. The van der Waals surface area contributed by atoms with Crippen LogP contribution in [0.5, 0.6) is 0 Å². The minimum Gasteiger partial charge on any atom is -0.374 e. The summed E-state index contributed by atoms with van der Waals surface area (Å²) < 4.78 is 6.92. The first kappa shape index (κ1) is 13.5. The molecule has 0 aliphatic carbocycles. The SMILES string of the molecule is CC(NCC1CN(C)CCO1)c1ccc(Br)s1. The van der Waals surface area contributed by atoms with Gasteiger partial charge in [0.05, 0.1) is 16.5 Å². The van der Waals surface area contributed by atoms with E-state index in [0.29, 0.717) is 12.1 Å². The zero-order valence-corrected chi connectivity index (χ0v) is 12.7. The van der Waals surface area contributed by atoms with E-state index >= 15 is 0 Å². The van der Waals surface area contributed by atoms with E-state index in [4.69, 9.17) is 4.74 Å². The number of rotatable bonds is 4.